The molecule has 1 amide bonds. The topological polar surface area (TPSA) is 55.1 Å². The second kappa shape index (κ2) is 5.22. The minimum atomic E-state index is -0.222. The molecule has 0 bridgehead atoms. The number of primary amides is 1. The van der Waals surface area contributed by atoms with E-state index in [1.165, 1.54) is 25.7 Å². The molecule has 3 heteroatoms. The van der Waals surface area contributed by atoms with Gasteiger partial charge in [0.05, 0.1) is 6.04 Å². The number of carbonyl (C=O) groups excluding carboxylic acids is 1. The first-order valence-corrected chi connectivity index (χ1v) is 5.26. The van der Waals surface area contributed by atoms with Crippen molar-refractivity contribution in [2.45, 2.75) is 45.1 Å². The maximum atomic E-state index is 10.9. The summed E-state index contributed by atoms with van der Waals surface area (Å²) < 4.78 is 0. The molecule has 0 radical (unpaired) electrons. The summed E-state index contributed by atoms with van der Waals surface area (Å²) in [4.78, 5) is 10.9. The molecule has 76 valence electrons. The van der Waals surface area contributed by atoms with Gasteiger partial charge in [-0.1, -0.05) is 19.8 Å². The van der Waals surface area contributed by atoms with Crippen molar-refractivity contribution >= 4 is 5.91 Å². The van der Waals surface area contributed by atoms with Crippen molar-refractivity contribution in [1.82, 2.24) is 5.32 Å². The molecular weight excluding hydrogens is 164 g/mol. The van der Waals surface area contributed by atoms with Gasteiger partial charge < -0.3 is 11.1 Å². The molecule has 3 nitrogen and oxygen atoms in total. The predicted octanol–water partition coefficient (Wildman–Crippen LogP) is 1.03. The Labute approximate surface area is 80.1 Å². The second-order valence-electron chi connectivity index (χ2n) is 3.92. The number of nitrogens with one attached hydrogen (secondary N) is 1. The van der Waals surface area contributed by atoms with E-state index in [1.807, 2.05) is 6.92 Å². The summed E-state index contributed by atoms with van der Waals surface area (Å²) in [5.74, 6) is 0.550. The van der Waals surface area contributed by atoms with Crippen LogP contribution in [0, 0.1) is 5.92 Å². The van der Waals surface area contributed by atoms with Crippen molar-refractivity contribution in [1.29, 1.82) is 0 Å². The smallest absolute Gasteiger partial charge is 0.234 e. The number of nitrogens with two attached hydrogens (primary N) is 1. The van der Waals surface area contributed by atoms with Gasteiger partial charge in [-0.05, 0) is 31.7 Å². The average molecular weight is 184 g/mol. The Morgan fingerprint density at radius 2 is 2.15 bits per heavy atom. The highest BCUT2D eigenvalue weighted by atomic mass is 16.1. The van der Waals surface area contributed by atoms with E-state index < -0.39 is 0 Å². The summed E-state index contributed by atoms with van der Waals surface area (Å²) in [5.41, 5.74) is 5.23. The highest BCUT2D eigenvalue weighted by Crippen LogP contribution is 2.23. The molecule has 0 aromatic carbocycles. The molecule has 1 saturated carbocycles. The van der Waals surface area contributed by atoms with Crippen LogP contribution >= 0.6 is 0 Å². The highest BCUT2D eigenvalue weighted by molar-refractivity contribution is 5.79. The molecule has 13 heavy (non-hydrogen) atoms. The monoisotopic (exact) mass is 184 g/mol. The van der Waals surface area contributed by atoms with Crippen molar-refractivity contribution in [2.24, 2.45) is 11.7 Å². The zero-order chi connectivity index (χ0) is 9.68. The van der Waals surface area contributed by atoms with Crippen LogP contribution in [0.1, 0.15) is 39.0 Å². The standard InChI is InChI=1S/C10H20N2O/c1-2-9(10(11)13)12-7-8-5-3-4-6-8/h8-9,12H,2-7H2,1H3,(H2,11,13). The summed E-state index contributed by atoms with van der Waals surface area (Å²) in [6.45, 7) is 2.94. The largest absolute Gasteiger partial charge is 0.368 e. The van der Waals surface area contributed by atoms with Crippen LogP contribution in [0.3, 0.4) is 0 Å². The van der Waals surface area contributed by atoms with E-state index in [4.69, 9.17) is 5.73 Å². The van der Waals surface area contributed by atoms with E-state index >= 15 is 0 Å². The molecule has 1 aliphatic rings. The first-order valence-electron chi connectivity index (χ1n) is 5.26. The summed E-state index contributed by atoms with van der Waals surface area (Å²) >= 11 is 0. The molecule has 0 heterocycles. The van der Waals surface area contributed by atoms with E-state index in [1.54, 1.807) is 0 Å². The van der Waals surface area contributed by atoms with Gasteiger partial charge in [0.15, 0.2) is 0 Å². The predicted molar refractivity (Wildman–Crippen MR) is 53.2 cm³/mol. The zero-order valence-corrected chi connectivity index (χ0v) is 8.38. The first-order chi connectivity index (χ1) is 6.24. The summed E-state index contributed by atoms with van der Waals surface area (Å²) in [6.07, 6.45) is 6.10. The number of amides is 1. The number of carbonyl (C=O) groups is 1. The first kappa shape index (κ1) is 10.5. The minimum Gasteiger partial charge on any atom is -0.368 e. The SMILES string of the molecule is CCC(NCC1CCCC1)C(N)=O. The lowest BCUT2D eigenvalue weighted by molar-refractivity contribution is -0.120. The van der Waals surface area contributed by atoms with E-state index in [0.717, 1.165) is 18.9 Å². The van der Waals surface area contributed by atoms with Gasteiger partial charge in [0.2, 0.25) is 5.91 Å². The van der Waals surface area contributed by atoms with E-state index in [0.29, 0.717) is 0 Å². The minimum absolute atomic E-state index is 0.124. The van der Waals surface area contributed by atoms with E-state index in [2.05, 4.69) is 5.32 Å². The summed E-state index contributed by atoms with van der Waals surface area (Å²) in [7, 11) is 0. The Kier molecular flexibility index (Phi) is 4.22. The third-order valence-electron chi connectivity index (χ3n) is 2.88. The van der Waals surface area contributed by atoms with Crippen LogP contribution in [0.4, 0.5) is 0 Å². The van der Waals surface area contributed by atoms with Crippen LogP contribution in [-0.4, -0.2) is 18.5 Å². The maximum Gasteiger partial charge on any atom is 0.234 e. The number of hydrogen-bond acceptors (Lipinski definition) is 2. The van der Waals surface area contributed by atoms with Crippen molar-refractivity contribution < 1.29 is 4.79 Å². The molecular formula is C10H20N2O. The Bertz CT molecular complexity index is 164. The van der Waals surface area contributed by atoms with Crippen LogP contribution in [0.25, 0.3) is 0 Å². The Balaban J connectivity index is 2.18. The van der Waals surface area contributed by atoms with Gasteiger partial charge in [0.25, 0.3) is 0 Å². The van der Waals surface area contributed by atoms with Crippen LogP contribution in [-0.2, 0) is 4.79 Å². The van der Waals surface area contributed by atoms with Gasteiger partial charge in [-0.25, -0.2) is 0 Å². The lowest BCUT2D eigenvalue weighted by Gasteiger charge is -2.16. The average Bonchev–Trinajstić information content (AvgIpc) is 2.57. The normalized spacial score (nSPS) is 20.4. The highest BCUT2D eigenvalue weighted by Gasteiger charge is 2.18. The molecule has 0 aromatic heterocycles. The molecule has 1 aliphatic carbocycles. The molecule has 1 rings (SSSR count). The van der Waals surface area contributed by atoms with Crippen LogP contribution in [0.2, 0.25) is 0 Å². The lowest BCUT2D eigenvalue weighted by Crippen LogP contribution is -2.42. The van der Waals surface area contributed by atoms with Crippen molar-refractivity contribution in [2.75, 3.05) is 6.54 Å². The van der Waals surface area contributed by atoms with Crippen molar-refractivity contribution in [3.8, 4) is 0 Å². The van der Waals surface area contributed by atoms with Crippen molar-refractivity contribution in [3.63, 3.8) is 0 Å². The molecule has 0 aromatic rings. The van der Waals surface area contributed by atoms with Crippen LogP contribution in [0.5, 0.6) is 0 Å². The fraction of sp³-hybridized carbons (Fsp3) is 0.900. The Morgan fingerprint density at radius 1 is 1.54 bits per heavy atom. The fourth-order valence-corrected chi connectivity index (χ4v) is 1.97. The van der Waals surface area contributed by atoms with E-state index in [-0.39, 0.29) is 11.9 Å². The maximum absolute atomic E-state index is 10.9. The molecule has 1 unspecified atom stereocenters. The zero-order valence-electron chi connectivity index (χ0n) is 8.38. The van der Waals surface area contributed by atoms with Gasteiger partial charge in [-0.2, -0.15) is 0 Å². The summed E-state index contributed by atoms with van der Waals surface area (Å²) in [6, 6.07) is -0.124. The van der Waals surface area contributed by atoms with Gasteiger partial charge in [-0.15, -0.1) is 0 Å². The molecule has 1 atom stereocenters. The van der Waals surface area contributed by atoms with Gasteiger partial charge in [-0.3, -0.25) is 4.79 Å². The quantitative estimate of drug-likeness (QED) is 0.670. The molecule has 0 saturated heterocycles. The van der Waals surface area contributed by atoms with Crippen LogP contribution in [0.15, 0.2) is 0 Å². The lowest BCUT2D eigenvalue weighted by atomic mass is 10.1. The van der Waals surface area contributed by atoms with Crippen molar-refractivity contribution in [3.05, 3.63) is 0 Å². The molecule has 1 fully saturated rings. The number of rotatable bonds is 5. The van der Waals surface area contributed by atoms with Gasteiger partial charge >= 0.3 is 0 Å². The molecule has 3 N–H and O–H groups in total. The Hall–Kier alpha value is -0.570. The third kappa shape index (κ3) is 3.35. The Morgan fingerprint density at radius 3 is 2.62 bits per heavy atom. The van der Waals surface area contributed by atoms with Gasteiger partial charge in [0, 0.05) is 0 Å². The fourth-order valence-electron chi connectivity index (χ4n) is 1.97. The van der Waals surface area contributed by atoms with Crippen LogP contribution < -0.4 is 11.1 Å². The van der Waals surface area contributed by atoms with E-state index in [9.17, 15) is 4.79 Å². The van der Waals surface area contributed by atoms with Gasteiger partial charge in [0.1, 0.15) is 0 Å². The molecule has 0 aliphatic heterocycles. The third-order valence-corrected chi connectivity index (χ3v) is 2.88. The summed E-state index contributed by atoms with van der Waals surface area (Å²) in [5, 5.41) is 3.24. The molecule has 0 spiro atoms. The second-order valence-corrected chi connectivity index (χ2v) is 3.92. The number of hydrogen-bond donors (Lipinski definition) is 2.